The molecule has 1 aromatic heterocycles. The van der Waals surface area contributed by atoms with Crippen molar-refractivity contribution in [3.05, 3.63) is 70.9 Å². The van der Waals surface area contributed by atoms with Crippen molar-refractivity contribution in [3.63, 3.8) is 0 Å². The van der Waals surface area contributed by atoms with Gasteiger partial charge in [0, 0.05) is 36.1 Å². The Bertz CT molecular complexity index is 917. The molecule has 1 amide bonds. The van der Waals surface area contributed by atoms with Crippen LogP contribution in [-0.4, -0.2) is 44.0 Å². The molecule has 1 fully saturated rings. The third kappa shape index (κ3) is 4.11. The van der Waals surface area contributed by atoms with Gasteiger partial charge in [-0.25, -0.2) is 0 Å². The summed E-state index contributed by atoms with van der Waals surface area (Å²) in [5, 5.41) is 7.16. The van der Waals surface area contributed by atoms with Crippen molar-refractivity contribution in [1.29, 1.82) is 0 Å². The molecular formula is C23H25N3OS. The summed E-state index contributed by atoms with van der Waals surface area (Å²) < 4.78 is 0. The molecule has 1 unspecified atom stereocenters. The van der Waals surface area contributed by atoms with Crippen LogP contribution in [0.2, 0.25) is 0 Å². The number of anilines is 2. The molecule has 1 aliphatic heterocycles. The summed E-state index contributed by atoms with van der Waals surface area (Å²) in [7, 11) is 4.28. The number of amides is 1. The summed E-state index contributed by atoms with van der Waals surface area (Å²) in [5.74, 6) is -0.0848. The maximum absolute atomic E-state index is 12.5. The monoisotopic (exact) mass is 391 g/mol. The lowest BCUT2D eigenvalue weighted by molar-refractivity contribution is 0.102. The van der Waals surface area contributed by atoms with Gasteiger partial charge in [-0.3, -0.25) is 4.79 Å². The number of thiophene rings is 1. The molecule has 1 N–H and O–H groups in total. The highest BCUT2D eigenvalue weighted by molar-refractivity contribution is 7.08. The lowest BCUT2D eigenvalue weighted by Crippen LogP contribution is -2.31. The van der Waals surface area contributed by atoms with Crippen LogP contribution in [0.5, 0.6) is 0 Å². The van der Waals surface area contributed by atoms with E-state index in [0.29, 0.717) is 11.6 Å². The van der Waals surface area contributed by atoms with E-state index in [-0.39, 0.29) is 5.91 Å². The molecule has 0 saturated carbocycles. The van der Waals surface area contributed by atoms with Crippen LogP contribution in [0.1, 0.15) is 16.8 Å². The van der Waals surface area contributed by atoms with Gasteiger partial charge in [0.1, 0.15) is 0 Å². The smallest absolute Gasteiger partial charge is 0.255 e. The van der Waals surface area contributed by atoms with Gasteiger partial charge >= 0.3 is 0 Å². The minimum Gasteiger partial charge on any atom is -0.370 e. The van der Waals surface area contributed by atoms with E-state index in [9.17, 15) is 4.79 Å². The summed E-state index contributed by atoms with van der Waals surface area (Å²) in [6.45, 7) is 2.13. The Morgan fingerprint density at radius 1 is 1.04 bits per heavy atom. The van der Waals surface area contributed by atoms with E-state index in [0.717, 1.165) is 24.3 Å². The fraction of sp³-hybridized carbons (Fsp3) is 0.261. The molecule has 5 heteroatoms. The average molecular weight is 392 g/mol. The molecule has 2 aromatic carbocycles. The van der Waals surface area contributed by atoms with Gasteiger partial charge in [-0.15, -0.1) is 0 Å². The van der Waals surface area contributed by atoms with Crippen LogP contribution in [0.15, 0.2) is 65.4 Å². The minimum absolute atomic E-state index is 0.0848. The first-order valence-corrected chi connectivity index (χ1v) is 10.5. The number of nitrogens with zero attached hydrogens (tertiary/aromatic N) is 2. The normalized spacial score (nSPS) is 16.5. The lowest BCUT2D eigenvalue weighted by atomic mass is 10.1. The SMILES string of the molecule is CN(C)C1CCN(c2ccc(NC(=O)c3ccc(-c4ccsc4)cc3)cc2)C1. The summed E-state index contributed by atoms with van der Waals surface area (Å²) in [6.07, 6.45) is 1.19. The van der Waals surface area contributed by atoms with Crippen LogP contribution in [0.25, 0.3) is 11.1 Å². The third-order valence-electron chi connectivity index (χ3n) is 5.39. The van der Waals surface area contributed by atoms with Gasteiger partial charge < -0.3 is 15.1 Å². The van der Waals surface area contributed by atoms with E-state index in [4.69, 9.17) is 0 Å². The minimum atomic E-state index is -0.0848. The van der Waals surface area contributed by atoms with Crippen molar-refractivity contribution in [2.75, 3.05) is 37.4 Å². The highest BCUT2D eigenvalue weighted by Crippen LogP contribution is 2.25. The molecule has 0 aliphatic carbocycles. The van der Waals surface area contributed by atoms with Crippen molar-refractivity contribution in [2.45, 2.75) is 12.5 Å². The molecule has 0 spiro atoms. The molecule has 3 aromatic rings. The van der Waals surface area contributed by atoms with Gasteiger partial charge in [0.25, 0.3) is 5.91 Å². The Labute approximate surface area is 170 Å². The van der Waals surface area contributed by atoms with E-state index in [2.05, 4.69) is 58.2 Å². The molecule has 4 rings (SSSR count). The van der Waals surface area contributed by atoms with Crippen LogP contribution in [0.3, 0.4) is 0 Å². The van der Waals surface area contributed by atoms with Crippen molar-refractivity contribution < 1.29 is 4.79 Å². The summed E-state index contributed by atoms with van der Waals surface area (Å²) in [6, 6.07) is 18.6. The quantitative estimate of drug-likeness (QED) is 0.678. The largest absolute Gasteiger partial charge is 0.370 e. The number of likely N-dealkylation sites (N-methyl/N-ethyl adjacent to an activating group) is 1. The predicted molar refractivity (Wildman–Crippen MR) is 118 cm³/mol. The number of carbonyl (C=O) groups is 1. The Morgan fingerprint density at radius 2 is 1.79 bits per heavy atom. The summed E-state index contributed by atoms with van der Waals surface area (Å²) in [5.41, 5.74) is 5.01. The van der Waals surface area contributed by atoms with Gasteiger partial charge in [0.05, 0.1) is 0 Å². The molecule has 1 aliphatic rings. The maximum Gasteiger partial charge on any atom is 0.255 e. The van der Waals surface area contributed by atoms with Crippen molar-refractivity contribution in [2.24, 2.45) is 0 Å². The van der Waals surface area contributed by atoms with Crippen LogP contribution in [0.4, 0.5) is 11.4 Å². The van der Waals surface area contributed by atoms with E-state index in [1.807, 2.05) is 36.4 Å². The second kappa shape index (κ2) is 8.17. The second-order valence-electron chi connectivity index (χ2n) is 7.44. The molecule has 144 valence electrons. The molecular weight excluding hydrogens is 366 g/mol. The summed E-state index contributed by atoms with van der Waals surface area (Å²) >= 11 is 1.67. The first-order chi connectivity index (χ1) is 13.6. The molecule has 28 heavy (non-hydrogen) atoms. The van der Waals surface area contributed by atoms with E-state index in [1.54, 1.807) is 11.3 Å². The van der Waals surface area contributed by atoms with Gasteiger partial charge in [-0.1, -0.05) is 12.1 Å². The number of carbonyl (C=O) groups excluding carboxylic acids is 1. The number of benzene rings is 2. The standard InChI is InChI=1S/C23H25N3OS/c1-25(2)22-11-13-26(15-22)21-9-7-20(8-10-21)24-23(27)18-5-3-17(4-6-18)19-12-14-28-16-19/h3-10,12,14,16,22H,11,13,15H2,1-2H3,(H,24,27). The van der Waals surface area contributed by atoms with Gasteiger partial charge in [-0.2, -0.15) is 11.3 Å². The predicted octanol–water partition coefficient (Wildman–Crippen LogP) is 4.81. The highest BCUT2D eigenvalue weighted by Gasteiger charge is 2.23. The van der Waals surface area contributed by atoms with Crippen molar-refractivity contribution in [1.82, 2.24) is 4.90 Å². The van der Waals surface area contributed by atoms with Crippen LogP contribution < -0.4 is 10.2 Å². The molecule has 1 saturated heterocycles. The highest BCUT2D eigenvalue weighted by atomic mass is 32.1. The topological polar surface area (TPSA) is 35.6 Å². The Balaban J connectivity index is 1.38. The zero-order valence-electron chi connectivity index (χ0n) is 16.3. The van der Waals surface area contributed by atoms with Gasteiger partial charge in [-0.05, 0) is 84.9 Å². The zero-order valence-corrected chi connectivity index (χ0v) is 17.1. The molecule has 0 bridgehead atoms. The lowest BCUT2D eigenvalue weighted by Gasteiger charge is -2.22. The van der Waals surface area contributed by atoms with E-state index >= 15 is 0 Å². The second-order valence-corrected chi connectivity index (χ2v) is 8.22. The summed E-state index contributed by atoms with van der Waals surface area (Å²) in [4.78, 5) is 17.2. The van der Waals surface area contributed by atoms with E-state index in [1.165, 1.54) is 17.7 Å². The Morgan fingerprint density at radius 3 is 2.39 bits per heavy atom. The Kier molecular flexibility index (Phi) is 5.46. The first-order valence-electron chi connectivity index (χ1n) is 9.55. The van der Waals surface area contributed by atoms with Crippen LogP contribution >= 0.6 is 11.3 Å². The van der Waals surface area contributed by atoms with Gasteiger partial charge in [0.15, 0.2) is 0 Å². The third-order valence-corrected chi connectivity index (χ3v) is 6.07. The van der Waals surface area contributed by atoms with Gasteiger partial charge in [0.2, 0.25) is 0 Å². The maximum atomic E-state index is 12.5. The zero-order chi connectivity index (χ0) is 19.5. The molecule has 2 heterocycles. The van der Waals surface area contributed by atoms with Crippen LogP contribution in [-0.2, 0) is 0 Å². The number of rotatable bonds is 5. The Hall–Kier alpha value is -2.63. The van der Waals surface area contributed by atoms with Crippen LogP contribution in [0, 0.1) is 0 Å². The van der Waals surface area contributed by atoms with Crippen molar-refractivity contribution >= 4 is 28.6 Å². The van der Waals surface area contributed by atoms with Crippen molar-refractivity contribution in [3.8, 4) is 11.1 Å². The fourth-order valence-corrected chi connectivity index (χ4v) is 4.26. The molecule has 4 nitrogen and oxygen atoms in total. The number of hydrogen-bond donors (Lipinski definition) is 1. The average Bonchev–Trinajstić information content (AvgIpc) is 3.41. The number of nitrogens with one attached hydrogen (secondary N) is 1. The first kappa shape index (κ1) is 18.7. The molecule has 1 atom stereocenters. The fourth-order valence-electron chi connectivity index (χ4n) is 3.60. The van der Waals surface area contributed by atoms with E-state index < -0.39 is 0 Å². The number of hydrogen-bond acceptors (Lipinski definition) is 4. The molecule has 0 radical (unpaired) electrons.